The number of aliphatic hydroxyl groups excluding tert-OH is 1. The smallest absolute Gasteiger partial charge is 0.162 e. The zero-order valence-corrected chi connectivity index (χ0v) is 9.96. The zero-order valence-electron chi connectivity index (χ0n) is 9.96. The quantitative estimate of drug-likeness (QED) is 0.858. The second-order valence-electron chi connectivity index (χ2n) is 3.95. The fourth-order valence-corrected chi connectivity index (χ4v) is 1.77. The van der Waals surface area contributed by atoms with Gasteiger partial charge >= 0.3 is 0 Å². The molecule has 0 aliphatic rings. The Labute approximate surface area is 99.6 Å². The molecule has 0 aliphatic carbocycles. The van der Waals surface area contributed by atoms with Crippen LogP contribution < -0.4 is 0 Å². The van der Waals surface area contributed by atoms with Gasteiger partial charge in [-0.25, -0.2) is 0 Å². The normalized spacial score (nSPS) is 12.9. The van der Waals surface area contributed by atoms with E-state index in [-0.39, 0.29) is 0 Å². The molecule has 5 heteroatoms. The Morgan fingerprint density at radius 2 is 2.41 bits per heavy atom. The van der Waals surface area contributed by atoms with Crippen molar-refractivity contribution in [3.63, 3.8) is 0 Å². The molecule has 0 aromatic carbocycles. The van der Waals surface area contributed by atoms with Gasteiger partial charge < -0.3 is 18.9 Å². The summed E-state index contributed by atoms with van der Waals surface area (Å²) in [6.07, 6.45) is 1.42. The van der Waals surface area contributed by atoms with E-state index in [2.05, 4.69) is 5.16 Å². The highest BCUT2D eigenvalue weighted by Gasteiger charge is 2.09. The van der Waals surface area contributed by atoms with Crippen molar-refractivity contribution in [2.45, 2.75) is 26.2 Å². The number of hydrogen-bond acceptors (Lipinski definition) is 4. The van der Waals surface area contributed by atoms with Crippen LogP contribution in [-0.2, 0) is 17.9 Å². The van der Waals surface area contributed by atoms with Gasteiger partial charge in [-0.3, -0.25) is 0 Å². The standard InChI is InChI=1S/C12H16N2O3/c1-9(15)12-4-3-5-14(12)7-10-6-11(8-16-2)17-13-10/h3-6,9,15H,7-8H2,1-2H3. The Morgan fingerprint density at radius 1 is 1.59 bits per heavy atom. The number of rotatable bonds is 5. The molecule has 0 radical (unpaired) electrons. The first-order valence-electron chi connectivity index (χ1n) is 5.47. The topological polar surface area (TPSA) is 60.4 Å². The van der Waals surface area contributed by atoms with Crippen LogP contribution in [0.3, 0.4) is 0 Å². The van der Waals surface area contributed by atoms with Gasteiger partial charge in [0, 0.05) is 25.1 Å². The molecule has 0 amide bonds. The first-order valence-corrected chi connectivity index (χ1v) is 5.47. The summed E-state index contributed by atoms with van der Waals surface area (Å²) >= 11 is 0. The van der Waals surface area contributed by atoms with E-state index in [0.717, 1.165) is 11.4 Å². The van der Waals surface area contributed by atoms with Gasteiger partial charge in [0.1, 0.15) is 12.3 Å². The largest absolute Gasteiger partial charge is 0.387 e. The minimum absolute atomic E-state index is 0.419. The van der Waals surface area contributed by atoms with Crippen molar-refractivity contribution < 1.29 is 14.4 Å². The van der Waals surface area contributed by atoms with Crippen LogP contribution in [0, 0.1) is 0 Å². The summed E-state index contributed by atoms with van der Waals surface area (Å²) in [6, 6.07) is 5.65. The first-order chi connectivity index (χ1) is 8.20. The van der Waals surface area contributed by atoms with E-state index in [9.17, 15) is 5.11 Å². The molecule has 0 spiro atoms. The lowest BCUT2D eigenvalue weighted by Gasteiger charge is -2.09. The summed E-state index contributed by atoms with van der Waals surface area (Å²) in [5, 5.41) is 13.5. The molecule has 92 valence electrons. The Balaban J connectivity index is 2.11. The van der Waals surface area contributed by atoms with Gasteiger partial charge in [0.25, 0.3) is 0 Å². The van der Waals surface area contributed by atoms with Gasteiger partial charge in [-0.15, -0.1) is 0 Å². The van der Waals surface area contributed by atoms with Gasteiger partial charge in [-0.2, -0.15) is 0 Å². The van der Waals surface area contributed by atoms with Crippen molar-refractivity contribution in [2.75, 3.05) is 7.11 Å². The lowest BCUT2D eigenvalue weighted by atomic mass is 10.3. The lowest BCUT2D eigenvalue weighted by molar-refractivity contribution is 0.155. The van der Waals surface area contributed by atoms with Crippen LogP contribution in [0.15, 0.2) is 28.9 Å². The summed E-state index contributed by atoms with van der Waals surface area (Å²) in [5.74, 6) is 0.702. The van der Waals surface area contributed by atoms with Crippen molar-refractivity contribution in [3.8, 4) is 0 Å². The molecule has 1 N–H and O–H groups in total. The number of aromatic nitrogens is 2. The van der Waals surface area contributed by atoms with Gasteiger partial charge in [0.2, 0.25) is 0 Å². The Bertz CT molecular complexity index is 474. The number of ether oxygens (including phenoxy) is 1. The fourth-order valence-electron chi connectivity index (χ4n) is 1.77. The molecule has 2 aromatic rings. The van der Waals surface area contributed by atoms with E-state index in [1.165, 1.54) is 0 Å². The second-order valence-corrected chi connectivity index (χ2v) is 3.95. The Morgan fingerprint density at radius 3 is 3.12 bits per heavy atom. The van der Waals surface area contributed by atoms with E-state index >= 15 is 0 Å². The average Bonchev–Trinajstić information content (AvgIpc) is 2.89. The molecule has 1 atom stereocenters. The van der Waals surface area contributed by atoms with Crippen molar-refractivity contribution >= 4 is 0 Å². The summed E-state index contributed by atoms with van der Waals surface area (Å²) in [4.78, 5) is 0. The number of hydrogen-bond donors (Lipinski definition) is 1. The summed E-state index contributed by atoms with van der Waals surface area (Å²) in [6.45, 7) is 2.74. The SMILES string of the molecule is COCc1cc(Cn2cccc2C(C)O)no1. The predicted molar refractivity (Wildman–Crippen MR) is 61.4 cm³/mol. The van der Waals surface area contributed by atoms with Crippen LogP contribution in [-0.4, -0.2) is 21.9 Å². The van der Waals surface area contributed by atoms with E-state index in [1.54, 1.807) is 14.0 Å². The highest BCUT2D eigenvalue weighted by molar-refractivity contribution is 5.13. The van der Waals surface area contributed by atoms with E-state index in [4.69, 9.17) is 9.26 Å². The fraction of sp³-hybridized carbons (Fsp3) is 0.417. The molecule has 0 fully saturated rings. The molecule has 1 unspecified atom stereocenters. The summed E-state index contributed by atoms with van der Waals surface area (Å²) < 4.78 is 12.0. The molecule has 2 aromatic heterocycles. The molecule has 2 heterocycles. The number of methoxy groups -OCH3 is 1. The highest BCUT2D eigenvalue weighted by atomic mass is 16.5. The lowest BCUT2D eigenvalue weighted by Crippen LogP contribution is -2.05. The van der Waals surface area contributed by atoms with Crippen LogP contribution in [0.1, 0.15) is 30.2 Å². The third-order valence-corrected chi connectivity index (χ3v) is 2.52. The van der Waals surface area contributed by atoms with Crippen molar-refractivity contribution in [3.05, 3.63) is 41.5 Å². The van der Waals surface area contributed by atoms with Gasteiger partial charge in [0.15, 0.2) is 5.76 Å². The van der Waals surface area contributed by atoms with E-state index in [0.29, 0.717) is 18.9 Å². The molecule has 0 saturated heterocycles. The highest BCUT2D eigenvalue weighted by Crippen LogP contribution is 2.15. The molecule has 0 saturated carbocycles. The second kappa shape index (κ2) is 5.16. The maximum atomic E-state index is 9.58. The maximum Gasteiger partial charge on any atom is 0.162 e. The van der Waals surface area contributed by atoms with Crippen molar-refractivity contribution in [1.82, 2.24) is 9.72 Å². The summed E-state index contributed by atoms with van der Waals surface area (Å²) in [5.41, 5.74) is 1.68. The monoisotopic (exact) mass is 236 g/mol. The number of nitrogens with zero attached hydrogens (tertiary/aromatic N) is 2. The van der Waals surface area contributed by atoms with Crippen LogP contribution in [0.4, 0.5) is 0 Å². The number of aliphatic hydroxyl groups is 1. The minimum Gasteiger partial charge on any atom is -0.387 e. The molecule has 0 bridgehead atoms. The molecular formula is C12H16N2O3. The van der Waals surface area contributed by atoms with Crippen molar-refractivity contribution in [2.24, 2.45) is 0 Å². The third kappa shape index (κ3) is 2.75. The van der Waals surface area contributed by atoms with Gasteiger partial charge in [-0.1, -0.05) is 5.16 Å². The molecular weight excluding hydrogens is 220 g/mol. The zero-order chi connectivity index (χ0) is 12.3. The molecule has 17 heavy (non-hydrogen) atoms. The van der Waals surface area contributed by atoms with Gasteiger partial charge in [0.05, 0.1) is 12.6 Å². The molecule has 2 rings (SSSR count). The van der Waals surface area contributed by atoms with Crippen LogP contribution >= 0.6 is 0 Å². The van der Waals surface area contributed by atoms with Crippen LogP contribution in [0.2, 0.25) is 0 Å². The van der Waals surface area contributed by atoms with Gasteiger partial charge in [-0.05, 0) is 19.1 Å². The Hall–Kier alpha value is -1.59. The van der Waals surface area contributed by atoms with Crippen LogP contribution in [0.5, 0.6) is 0 Å². The van der Waals surface area contributed by atoms with Crippen molar-refractivity contribution in [1.29, 1.82) is 0 Å². The third-order valence-electron chi connectivity index (χ3n) is 2.52. The van der Waals surface area contributed by atoms with E-state index < -0.39 is 6.10 Å². The van der Waals surface area contributed by atoms with Crippen LogP contribution in [0.25, 0.3) is 0 Å². The minimum atomic E-state index is -0.490. The average molecular weight is 236 g/mol. The Kier molecular flexibility index (Phi) is 3.61. The summed E-state index contributed by atoms with van der Waals surface area (Å²) in [7, 11) is 1.61. The first kappa shape index (κ1) is 11.9. The molecule has 0 aliphatic heterocycles. The molecule has 5 nitrogen and oxygen atoms in total. The predicted octanol–water partition coefficient (Wildman–Crippen LogP) is 1.72. The van der Waals surface area contributed by atoms with E-state index in [1.807, 2.05) is 29.0 Å². The maximum absolute atomic E-state index is 9.58.